The highest BCUT2D eigenvalue weighted by Gasteiger charge is 2.30. The first kappa shape index (κ1) is 18.1. The maximum atomic E-state index is 12.8. The molecule has 3 rings (SSSR count). The summed E-state index contributed by atoms with van der Waals surface area (Å²) in [6, 6.07) is 3.31. The summed E-state index contributed by atoms with van der Waals surface area (Å²) in [5, 5.41) is 3.41. The van der Waals surface area contributed by atoms with Crippen LogP contribution in [0.25, 0.3) is 0 Å². The van der Waals surface area contributed by atoms with Crippen LogP contribution < -0.4 is 10.1 Å². The second-order valence-electron chi connectivity index (χ2n) is 7.20. The van der Waals surface area contributed by atoms with Crippen LogP contribution in [0, 0.1) is 25.7 Å². The fraction of sp³-hybridized carbons (Fsp3) is 0.632. The molecule has 2 heterocycles. The zero-order chi connectivity index (χ0) is 18.0. The van der Waals surface area contributed by atoms with Gasteiger partial charge in [0.15, 0.2) is 0 Å². The van der Waals surface area contributed by atoms with Crippen LogP contribution >= 0.6 is 0 Å². The number of ether oxygens (including phenoxy) is 1. The fourth-order valence-electron chi connectivity index (χ4n) is 4.18. The molecule has 1 aromatic carbocycles. The Kier molecular flexibility index (Phi) is 5.57. The minimum Gasteiger partial charge on any atom is -0.434 e. The molecule has 2 fully saturated rings. The predicted octanol–water partition coefficient (Wildman–Crippen LogP) is 3.37. The number of alkyl halides is 2. The molecule has 0 spiro atoms. The zero-order valence-electron chi connectivity index (χ0n) is 14.9. The van der Waals surface area contributed by atoms with Crippen LogP contribution in [0.15, 0.2) is 12.1 Å². The van der Waals surface area contributed by atoms with Crippen LogP contribution in [-0.2, 0) is 0 Å². The van der Waals surface area contributed by atoms with Gasteiger partial charge in [-0.3, -0.25) is 4.79 Å². The van der Waals surface area contributed by atoms with Crippen molar-refractivity contribution in [2.45, 2.75) is 39.7 Å². The van der Waals surface area contributed by atoms with E-state index in [9.17, 15) is 13.6 Å². The molecule has 2 aliphatic rings. The zero-order valence-corrected chi connectivity index (χ0v) is 14.9. The second kappa shape index (κ2) is 7.68. The number of likely N-dealkylation sites (tertiary alicyclic amines) is 1. The lowest BCUT2D eigenvalue weighted by atomic mass is 9.83. The minimum absolute atomic E-state index is 0.0159. The number of carbonyl (C=O) groups excluding carboxylic acids is 1. The number of piperidine rings is 1. The van der Waals surface area contributed by atoms with E-state index in [4.69, 9.17) is 0 Å². The number of hydrogen-bond donors (Lipinski definition) is 1. The van der Waals surface area contributed by atoms with Gasteiger partial charge in [-0.2, -0.15) is 8.78 Å². The molecular formula is C19H26F2N2O2. The van der Waals surface area contributed by atoms with Crippen LogP contribution in [-0.4, -0.2) is 43.6 Å². The summed E-state index contributed by atoms with van der Waals surface area (Å²) in [4.78, 5) is 14.7. The normalized spacial score (nSPS) is 21.8. The molecule has 0 radical (unpaired) electrons. The van der Waals surface area contributed by atoms with Crippen LogP contribution in [0.1, 0.15) is 40.7 Å². The van der Waals surface area contributed by atoms with Crippen molar-refractivity contribution in [3.05, 3.63) is 28.8 Å². The van der Waals surface area contributed by atoms with Crippen molar-refractivity contribution >= 4 is 5.91 Å². The Hall–Kier alpha value is -1.69. The molecule has 0 bridgehead atoms. The van der Waals surface area contributed by atoms with E-state index in [1.54, 1.807) is 26.0 Å². The standard InChI is InChI=1S/C19H26F2N2O2/c1-12-9-16(10-13(2)17(12)25-19(20)21)18(24)23-7-4-14(5-8-23)15-3-6-22-11-15/h9-10,14-15,19,22H,3-8,11H2,1-2H3. The Morgan fingerprint density at radius 1 is 1.16 bits per heavy atom. The van der Waals surface area contributed by atoms with Crippen molar-refractivity contribution in [3.63, 3.8) is 0 Å². The van der Waals surface area contributed by atoms with Crippen molar-refractivity contribution in [2.75, 3.05) is 26.2 Å². The average molecular weight is 352 g/mol. The average Bonchev–Trinajstić information content (AvgIpc) is 3.12. The van der Waals surface area contributed by atoms with Crippen molar-refractivity contribution in [1.29, 1.82) is 0 Å². The lowest BCUT2D eigenvalue weighted by Gasteiger charge is -2.34. The highest BCUT2D eigenvalue weighted by molar-refractivity contribution is 5.95. The van der Waals surface area contributed by atoms with E-state index in [0.717, 1.165) is 44.9 Å². The quantitative estimate of drug-likeness (QED) is 0.903. The molecule has 4 nitrogen and oxygen atoms in total. The number of amides is 1. The van der Waals surface area contributed by atoms with E-state index in [1.165, 1.54) is 6.42 Å². The van der Waals surface area contributed by atoms with E-state index in [-0.39, 0.29) is 11.7 Å². The van der Waals surface area contributed by atoms with Crippen molar-refractivity contribution in [2.24, 2.45) is 11.8 Å². The van der Waals surface area contributed by atoms with E-state index < -0.39 is 6.61 Å². The third kappa shape index (κ3) is 4.11. The summed E-state index contributed by atoms with van der Waals surface area (Å²) in [6.45, 7) is 4.28. The first-order valence-corrected chi connectivity index (χ1v) is 9.01. The summed E-state index contributed by atoms with van der Waals surface area (Å²) < 4.78 is 29.5. The van der Waals surface area contributed by atoms with Crippen molar-refractivity contribution in [3.8, 4) is 5.75 Å². The van der Waals surface area contributed by atoms with Gasteiger partial charge in [0.25, 0.3) is 5.91 Å². The van der Waals surface area contributed by atoms with E-state index >= 15 is 0 Å². The Morgan fingerprint density at radius 3 is 2.32 bits per heavy atom. The number of benzene rings is 1. The number of halogens is 2. The Bertz CT molecular complexity index is 599. The number of aryl methyl sites for hydroxylation is 2. The fourth-order valence-corrected chi connectivity index (χ4v) is 4.18. The van der Waals surface area contributed by atoms with Gasteiger partial charge in [0.1, 0.15) is 5.75 Å². The summed E-state index contributed by atoms with van der Waals surface area (Å²) in [5.41, 5.74) is 1.68. The summed E-state index contributed by atoms with van der Waals surface area (Å²) in [7, 11) is 0. The first-order chi connectivity index (χ1) is 12.0. The van der Waals surface area contributed by atoms with Gasteiger partial charge in [-0.1, -0.05) is 0 Å². The Labute approximate surface area is 147 Å². The molecule has 1 aromatic rings. The van der Waals surface area contributed by atoms with Crippen LogP contribution in [0.5, 0.6) is 5.75 Å². The monoisotopic (exact) mass is 352 g/mol. The summed E-state index contributed by atoms with van der Waals surface area (Å²) >= 11 is 0. The van der Waals surface area contributed by atoms with Gasteiger partial charge in [0.2, 0.25) is 0 Å². The number of hydrogen-bond acceptors (Lipinski definition) is 3. The SMILES string of the molecule is Cc1cc(C(=O)N2CCC(C3CCNC3)CC2)cc(C)c1OC(F)F. The highest BCUT2D eigenvalue weighted by Crippen LogP contribution is 2.31. The Morgan fingerprint density at radius 2 is 1.80 bits per heavy atom. The van der Waals surface area contributed by atoms with Crippen LogP contribution in [0.3, 0.4) is 0 Å². The third-order valence-corrected chi connectivity index (χ3v) is 5.51. The van der Waals surface area contributed by atoms with Gasteiger partial charge in [-0.15, -0.1) is 0 Å². The molecule has 2 saturated heterocycles. The number of nitrogens with one attached hydrogen (secondary N) is 1. The van der Waals surface area contributed by atoms with Gasteiger partial charge in [-0.25, -0.2) is 0 Å². The minimum atomic E-state index is -2.86. The molecule has 0 aliphatic carbocycles. The highest BCUT2D eigenvalue weighted by atomic mass is 19.3. The maximum absolute atomic E-state index is 12.8. The first-order valence-electron chi connectivity index (χ1n) is 9.01. The lowest BCUT2D eigenvalue weighted by Crippen LogP contribution is -2.40. The molecule has 6 heteroatoms. The number of rotatable bonds is 4. The van der Waals surface area contributed by atoms with Gasteiger partial charge in [0.05, 0.1) is 0 Å². The summed E-state index contributed by atoms with van der Waals surface area (Å²) in [5.74, 6) is 1.59. The van der Waals surface area contributed by atoms with Gasteiger partial charge in [0, 0.05) is 18.7 Å². The topological polar surface area (TPSA) is 41.6 Å². The number of carbonyl (C=O) groups is 1. The molecule has 0 saturated carbocycles. The Balaban J connectivity index is 1.65. The molecule has 1 amide bonds. The summed E-state index contributed by atoms with van der Waals surface area (Å²) in [6.07, 6.45) is 3.33. The third-order valence-electron chi connectivity index (χ3n) is 5.51. The molecule has 0 aromatic heterocycles. The van der Waals surface area contributed by atoms with Crippen LogP contribution in [0.2, 0.25) is 0 Å². The van der Waals surface area contributed by atoms with Gasteiger partial charge in [-0.05, 0) is 81.3 Å². The van der Waals surface area contributed by atoms with E-state index in [1.807, 2.05) is 4.90 Å². The second-order valence-corrected chi connectivity index (χ2v) is 7.20. The van der Waals surface area contributed by atoms with E-state index in [0.29, 0.717) is 22.6 Å². The van der Waals surface area contributed by atoms with Crippen molar-refractivity contribution in [1.82, 2.24) is 10.2 Å². The lowest BCUT2D eigenvalue weighted by molar-refractivity contribution is -0.0507. The largest absolute Gasteiger partial charge is 0.434 e. The maximum Gasteiger partial charge on any atom is 0.387 e. The molecule has 138 valence electrons. The number of nitrogens with zero attached hydrogens (tertiary/aromatic N) is 1. The molecule has 2 aliphatic heterocycles. The predicted molar refractivity (Wildman–Crippen MR) is 92.2 cm³/mol. The van der Waals surface area contributed by atoms with Gasteiger partial charge < -0.3 is 15.0 Å². The molecular weight excluding hydrogens is 326 g/mol. The van der Waals surface area contributed by atoms with E-state index in [2.05, 4.69) is 10.1 Å². The van der Waals surface area contributed by atoms with Crippen LogP contribution in [0.4, 0.5) is 8.78 Å². The molecule has 1 N–H and O–H groups in total. The molecule has 1 atom stereocenters. The molecule has 1 unspecified atom stereocenters. The smallest absolute Gasteiger partial charge is 0.387 e. The van der Waals surface area contributed by atoms with Gasteiger partial charge >= 0.3 is 6.61 Å². The van der Waals surface area contributed by atoms with Crippen molar-refractivity contribution < 1.29 is 18.3 Å². The molecule has 25 heavy (non-hydrogen) atoms.